The fraction of sp³-hybridized carbons (Fsp3) is 0.379. The van der Waals surface area contributed by atoms with Crippen LogP contribution in [0.1, 0.15) is 57.2 Å². The van der Waals surface area contributed by atoms with Crippen LogP contribution in [0.4, 0.5) is 4.39 Å². The molecular weight excluding hydrogens is 413 g/mol. The van der Waals surface area contributed by atoms with Gasteiger partial charge in [0, 0.05) is 12.6 Å². The molecule has 3 aromatic rings. The van der Waals surface area contributed by atoms with Crippen LogP contribution in [0.25, 0.3) is 11.1 Å². The summed E-state index contributed by atoms with van der Waals surface area (Å²) in [4.78, 5) is 2.36. The molecule has 3 aromatic carbocycles. The van der Waals surface area contributed by atoms with Crippen LogP contribution in [0.3, 0.4) is 0 Å². The Morgan fingerprint density at radius 1 is 0.970 bits per heavy atom. The lowest BCUT2D eigenvalue weighted by Crippen LogP contribution is -2.46. The molecule has 1 aliphatic rings. The lowest BCUT2D eigenvalue weighted by Gasteiger charge is -2.45. The van der Waals surface area contributed by atoms with E-state index in [-0.39, 0.29) is 17.5 Å². The molecule has 0 spiro atoms. The molecule has 3 nitrogen and oxygen atoms in total. The summed E-state index contributed by atoms with van der Waals surface area (Å²) in [7, 11) is 0. The molecule has 1 saturated heterocycles. The van der Waals surface area contributed by atoms with Crippen molar-refractivity contribution in [2.75, 3.05) is 13.3 Å². The Labute approximate surface area is 196 Å². The van der Waals surface area contributed by atoms with Gasteiger partial charge in [0.15, 0.2) is 0 Å². The van der Waals surface area contributed by atoms with Crippen molar-refractivity contribution in [1.29, 1.82) is 0 Å². The van der Waals surface area contributed by atoms with Crippen LogP contribution in [0.5, 0.6) is 0 Å². The van der Waals surface area contributed by atoms with Gasteiger partial charge in [0.25, 0.3) is 0 Å². The van der Waals surface area contributed by atoms with Gasteiger partial charge < -0.3 is 9.84 Å². The zero-order valence-corrected chi connectivity index (χ0v) is 19.8. The molecule has 4 rings (SSSR count). The zero-order chi connectivity index (χ0) is 23.5. The third-order valence-electron chi connectivity index (χ3n) is 6.87. The minimum atomic E-state index is -0.720. The summed E-state index contributed by atoms with van der Waals surface area (Å²) in [6, 6.07) is 25.7. The molecule has 174 valence electrons. The number of nitrogens with zero attached hydrogens (tertiary/aromatic N) is 1. The van der Waals surface area contributed by atoms with Crippen LogP contribution >= 0.6 is 0 Å². The normalized spacial score (nSPS) is 20.5. The van der Waals surface area contributed by atoms with E-state index in [9.17, 15) is 9.50 Å². The van der Waals surface area contributed by atoms with Crippen molar-refractivity contribution >= 4 is 0 Å². The van der Waals surface area contributed by atoms with Crippen molar-refractivity contribution in [3.05, 3.63) is 95.8 Å². The Kier molecular flexibility index (Phi) is 6.99. The maximum absolute atomic E-state index is 13.2. The van der Waals surface area contributed by atoms with Crippen molar-refractivity contribution < 1.29 is 14.2 Å². The van der Waals surface area contributed by atoms with Crippen LogP contribution < -0.4 is 0 Å². The Balaban J connectivity index is 1.45. The Morgan fingerprint density at radius 2 is 1.58 bits per heavy atom. The van der Waals surface area contributed by atoms with Crippen molar-refractivity contribution in [1.82, 2.24) is 4.90 Å². The second kappa shape index (κ2) is 9.76. The van der Waals surface area contributed by atoms with Gasteiger partial charge in [-0.2, -0.15) is 0 Å². The molecular formula is C29H34FNO2. The zero-order valence-electron chi connectivity index (χ0n) is 19.8. The van der Waals surface area contributed by atoms with Crippen molar-refractivity contribution in [3.63, 3.8) is 0 Å². The van der Waals surface area contributed by atoms with Crippen LogP contribution in [0.2, 0.25) is 0 Å². The smallest absolute Gasteiger partial charge is 0.123 e. The largest absolute Gasteiger partial charge is 0.390 e. The van der Waals surface area contributed by atoms with E-state index in [2.05, 4.69) is 60.4 Å². The average molecular weight is 448 g/mol. The fourth-order valence-corrected chi connectivity index (χ4v) is 4.60. The van der Waals surface area contributed by atoms with E-state index in [1.807, 2.05) is 32.0 Å². The van der Waals surface area contributed by atoms with E-state index in [1.165, 1.54) is 23.3 Å². The van der Waals surface area contributed by atoms with Gasteiger partial charge in [0.2, 0.25) is 0 Å². The van der Waals surface area contributed by atoms with Gasteiger partial charge in [-0.15, -0.1) is 0 Å². The Morgan fingerprint density at radius 3 is 2.12 bits per heavy atom. The highest BCUT2D eigenvalue weighted by Gasteiger charge is 2.39. The molecule has 0 radical (unpaired) electrons. The summed E-state index contributed by atoms with van der Waals surface area (Å²) >= 11 is 0. The van der Waals surface area contributed by atoms with E-state index in [0.717, 1.165) is 30.5 Å². The first-order valence-corrected chi connectivity index (χ1v) is 11.8. The summed E-state index contributed by atoms with van der Waals surface area (Å²) in [6.45, 7) is 7.39. The quantitative estimate of drug-likeness (QED) is 0.438. The highest BCUT2D eigenvalue weighted by molar-refractivity contribution is 5.63. The number of ether oxygens (including phenoxy) is 1. The van der Waals surface area contributed by atoms with Gasteiger partial charge in [-0.25, -0.2) is 4.39 Å². The molecule has 2 unspecified atom stereocenters. The van der Waals surface area contributed by atoms with E-state index in [1.54, 1.807) is 0 Å². The average Bonchev–Trinajstić information content (AvgIpc) is 2.83. The van der Waals surface area contributed by atoms with Gasteiger partial charge >= 0.3 is 0 Å². The molecule has 1 aliphatic heterocycles. The molecule has 4 heteroatoms. The highest BCUT2D eigenvalue weighted by Crippen LogP contribution is 2.40. The summed E-state index contributed by atoms with van der Waals surface area (Å²) in [5.41, 5.74) is 3.41. The molecule has 0 aliphatic carbocycles. The third-order valence-corrected chi connectivity index (χ3v) is 6.87. The molecule has 0 amide bonds. The molecule has 0 bridgehead atoms. The SMILES string of the molecule is CC(c1ccc(-c2ccc(F)cc2)cc1)N1CCC(CCC(C)(C)O)(c2ccccc2)OC1. The van der Waals surface area contributed by atoms with E-state index >= 15 is 0 Å². The van der Waals surface area contributed by atoms with Gasteiger partial charge in [-0.3, -0.25) is 4.90 Å². The van der Waals surface area contributed by atoms with E-state index in [0.29, 0.717) is 13.2 Å². The van der Waals surface area contributed by atoms with Crippen LogP contribution in [0.15, 0.2) is 78.9 Å². The second-order valence-electron chi connectivity index (χ2n) is 9.81. The molecule has 33 heavy (non-hydrogen) atoms. The Hall–Kier alpha value is -2.53. The molecule has 1 fully saturated rings. The van der Waals surface area contributed by atoms with E-state index in [4.69, 9.17) is 4.74 Å². The maximum atomic E-state index is 13.2. The van der Waals surface area contributed by atoms with Gasteiger partial charge in [-0.1, -0.05) is 66.7 Å². The predicted molar refractivity (Wildman–Crippen MR) is 131 cm³/mol. The monoisotopic (exact) mass is 447 g/mol. The number of aliphatic hydroxyl groups is 1. The number of hydrogen-bond donors (Lipinski definition) is 1. The lowest BCUT2D eigenvalue weighted by molar-refractivity contribution is -0.162. The van der Waals surface area contributed by atoms with Gasteiger partial charge in [0.1, 0.15) is 12.5 Å². The van der Waals surface area contributed by atoms with E-state index < -0.39 is 5.60 Å². The molecule has 1 N–H and O–H groups in total. The fourth-order valence-electron chi connectivity index (χ4n) is 4.60. The second-order valence-corrected chi connectivity index (χ2v) is 9.81. The van der Waals surface area contributed by atoms with Crippen molar-refractivity contribution in [2.45, 2.75) is 57.3 Å². The van der Waals surface area contributed by atoms with Crippen LogP contribution in [-0.4, -0.2) is 28.9 Å². The maximum Gasteiger partial charge on any atom is 0.123 e. The summed E-state index contributed by atoms with van der Waals surface area (Å²) in [6.07, 6.45) is 2.35. The summed E-state index contributed by atoms with van der Waals surface area (Å²) in [5.74, 6) is -0.219. The third kappa shape index (κ3) is 5.70. The minimum Gasteiger partial charge on any atom is -0.390 e. The molecule has 2 atom stereocenters. The minimum absolute atomic E-state index is 0.218. The van der Waals surface area contributed by atoms with Gasteiger partial charge in [-0.05, 0) is 74.4 Å². The number of halogens is 1. The van der Waals surface area contributed by atoms with Crippen molar-refractivity contribution in [3.8, 4) is 11.1 Å². The first-order chi connectivity index (χ1) is 15.8. The summed E-state index contributed by atoms with van der Waals surface area (Å²) < 4.78 is 19.8. The van der Waals surface area contributed by atoms with Crippen molar-refractivity contribution in [2.24, 2.45) is 0 Å². The van der Waals surface area contributed by atoms with Gasteiger partial charge in [0.05, 0.1) is 11.2 Å². The van der Waals surface area contributed by atoms with Crippen LogP contribution in [0, 0.1) is 5.82 Å². The number of benzene rings is 3. The number of hydrogen-bond acceptors (Lipinski definition) is 3. The topological polar surface area (TPSA) is 32.7 Å². The lowest BCUT2D eigenvalue weighted by atomic mass is 9.82. The first kappa shape index (κ1) is 23.6. The first-order valence-electron chi connectivity index (χ1n) is 11.8. The molecule has 0 saturated carbocycles. The molecule has 1 heterocycles. The predicted octanol–water partition coefficient (Wildman–Crippen LogP) is 6.68. The Bertz CT molecular complexity index is 1020. The highest BCUT2D eigenvalue weighted by atomic mass is 19.1. The number of rotatable bonds is 7. The standard InChI is InChI=1S/C29H34FNO2/c1-22(23-9-11-24(12-10-23)25-13-15-27(30)16-14-25)31-20-19-29(33-21-31,18-17-28(2,3)32)26-7-5-4-6-8-26/h4-16,22,32H,17-21H2,1-3H3. The summed E-state index contributed by atoms with van der Waals surface area (Å²) in [5, 5.41) is 10.3. The molecule has 0 aromatic heterocycles. The van der Waals surface area contributed by atoms with Crippen LogP contribution in [-0.2, 0) is 10.3 Å².